The first-order chi connectivity index (χ1) is 27.8. The topological polar surface area (TPSA) is 251 Å². The summed E-state index contributed by atoms with van der Waals surface area (Å²) in [6, 6.07) is 0.711. The summed E-state index contributed by atoms with van der Waals surface area (Å²) in [5.41, 5.74) is -0.0522. The van der Waals surface area contributed by atoms with Gasteiger partial charge in [0, 0.05) is 63.6 Å². The summed E-state index contributed by atoms with van der Waals surface area (Å²) in [6.07, 6.45) is -2.66. The van der Waals surface area contributed by atoms with Crippen LogP contribution in [0.1, 0.15) is 72.4 Å². The minimum atomic E-state index is -4.62. The van der Waals surface area contributed by atoms with Crippen LogP contribution in [0, 0.1) is 5.92 Å². The van der Waals surface area contributed by atoms with Gasteiger partial charge in [0.15, 0.2) is 11.9 Å². The minimum absolute atomic E-state index is 0.0539. The number of nitrogens with one attached hydrogen (secondary N) is 3. The van der Waals surface area contributed by atoms with Crippen LogP contribution in [0.4, 0.5) is 5.82 Å². The monoisotopic (exact) mass is 909 g/mol. The highest BCUT2D eigenvalue weighted by atomic mass is 32.3. The highest BCUT2D eigenvalue weighted by Crippen LogP contribution is 2.40. The zero-order valence-corrected chi connectivity index (χ0v) is 37.6. The highest BCUT2D eigenvalue weighted by Gasteiger charge is 2.41. The van der Waals surface area contributed by atoms with Crippen LogP contribution >= 0.6 is 23.1 Å². The highest BCUT2D eigenvalue weighted by molar-refractivity contribution is 7.94. The molecular weight excluding hydrogens is 855 g/mol. The molecule has 1 saturated heterocycles. The Bertz CT molecular complexity index is 1980. The lowest BCUT2D eigenvalue weighted by atomic mass is 10.0. The number of esters is 2. The van der Waals surface area contributed by atoms with E-state index in [0.717, 1.165) is 18.7 Å². The second kappa shape index (κ2) is 21.4. The van der Waals surface area contributed by atoms with Crippen molar-refractivity contribution in [2.75, 3.05) is 77.7 Å². The van der Waals surface area contributed by atoms with Crippen LogP contribution < -0.4 is 25.0 Å². The number of thiophene rings is 1. The number of aromatic nitrogens is 2. The van der Waals surface area contributed by atoms with E-state index >= 15 is 0 Å². The summed E-state index contributed by atoms with van der Waals surface area (Å²) in [5, 5.41) is 6.44. The van der Waals surface area contributed by atoms with E-state index in [-0.39, 0.29) is 41.6 Å². The second-order valence-corrected chi connectivity index (χ2v) is 20.5. The zero-order chi connectivity index (χ0) is 43.5. The van der Waals surface area contributed by atoms with Gasteiger partial charge in [0.2, 0.25) is 11.7 Å². The lowest BCUT2D eigenvalue weighted by Crippen LogP contribution is -2.44. The molecule has 0 aromatic carbocycles. The van der Waals surface area contributed by atoms with Crippen molar-refractivity contribution in [2.45, 2.75) is 93.0 Å². The average molecular weight is 910 g/mol. The number of anilines is 1. The molecule has 0 aliphatic carbocycles. The van der Waals surface area contributed by atoms with Crippen molar-refractivity contribution >= 4 is 72.6 Å². The number of Topliss-reactive ketones (excluding diaryl/α,β-unsaturated/α-hetero) is 1. The summed E-state index contributed by atoms with van der Waals surface area (Å²) in [4.78, 5) is 53.7. The smallest absolute Gasteiger partial charge is 0.307 e. The molecule has 20 nitrogen and oxygen atoms in total. The Labute approximate surface area is 353 Å². The molecule has 332 valence electrons. The van der Waals surface area contributed by atoms with Gasteiger partial charge in [0.05, 0.1) is 43.7 Å². The van der Waals surface area contributed by atoms with Gasteiger partial charge in [-0.25, -0.2) is 21.6 Å². The van der Waals surface area contributed by atoms with E-state index in [9.17, 15) is 36.0 Å². The lowest BCUT2D eigenvalue weighted by Gasteiger charge is -2.32. The number of carbonyl (C=O) groups is 4. The molecule has 3 N–H and O–H groups in total. The first-order valence-corrected chi connectivity index (χ1v) is 23.6. The molecule has 4 heterocycles. The average Bonchev–Trinajstić information content (AvgIpc) is 3.86. The van der Waals surface area contributed by atoms with Crippen LogP contribution in [-0.4, -0.2) is 144 Å². The van der Waals surface area contributed by atoms with Crippen molar-refractivity contribution in [3.8, 4) is 5.88 Å². The van der Waals surface area contributed by atoms with Gasteiger partial charge in [-0.3, -0.25) is 19.2 Å². The lowest BCUT2D eigenvalue weighted by molar-refractivity contribution is -0.159. The van der Waals surface area contributed by atoms with Crippen LogP contribution in [0.2, 0.25) is 0 Å². The van der Waals surface area contributed by atoms with Crippen molar-refractivity contribution in [3.63, 3.8) is 0 Å². The quantitative estimate of drug-likeness (QED) is 0.0854. The molecule has 4 rings (SSSR count). The third-order valence-corrected chi connectivity index (χ3v) is 15.0. The number of ketones is 1. The number of methoxy groups -OCH3 is 1. The number of likely N-dealkylation sites (N-methyl/N-ethyl adjacent to an activating group) is 1. The van der Waals surface area contributed by atoms with Crippen molar-refractivity contribution in [2.24, 2.45) is 5.92 Å². The van der Waals surface area contributed by atoms with Crippen LogP contribution in [0.5, 0.6) is 5.88 Å². The number of carbonyl (C=O) groups excluding carboxylic acids is 4. The number of morpholine rings is 1. The summed E-state index contributed by atoms with van der Waals surface area (Å²) < 4.78 is 91.9. The van der Waals surface area contributed by atoms with E-state index in [2.05, 4.69) is 19.4 Å². The van der Waals surface area contributed by atoms with Gasteiger partial charge in [-0.2, -0.15) is 8.68 Å². The second-order valence-electron chi connectivity index (χ2n) is 14.9. The van der Waals surface area contributed by atoms with Gasteiger partial charge in [-0.05, 0) is 53.7 Å². The third-order valence-electron chi connectivity index (χ3n) is 9.12. The van der Waals surface area contributed by atoms with Gasteiger partial charge < -0.3 is 39.2 Å². The Hall–Kier alpha value is -3.36. The Morgan fingerprint density at radius 1 is 1.07 bits per heavy atom. The molecule has 0 unspecified atom stereocenters. The van der Waals surface area contributed by atoms with Crippen LogP contribution in [0.25, 0.3) is 0 Å². The van der Waals surface area contributed by atoms with Crippen LogP contribution in [0.3, 0.4) is 0 Å². The van der Waals surface area contributed by atoms with E-state index in [1.54, 1.807) is 0 Å². The molecule has 4 atom stereocenters. The van der Waals surface area contributed by atoms with E-state index in [0.29, 0.717) is 68.9 Å². The fourth-order valence-electron chi connectivity index (χ4n) is 5.95. The van der Waals surface area contributed by atoms with Crippen LogP contribution in [-0.2, 0) is 58.2 Å². The first-order valence-electron chi connectivity index (χ1n) is 19.2. The summed E-state index contributed by atoms with van der Waals surface area (Å²) >= 11 is 1.50. The van der Waals surface area contributed by atoms with Crippen LogP contribution in [0.15, 0.2) is 14.5 Å². The molecule has 0 radical (unpaired) electrons. The molecule has 1 fully saturated rings. The summed E-state index contributed by atoms with van der Waals surface area (Å²) in [7, 11) is -7.16. The molecule has 2 aromatic rings. The maximum atomic E-state index is 13.4. The van der Waals surface area contributed by atoms with Crippen molar-refractivity contribution in [1.29, 1.82) is 0 Å². The van der Waals surface area contributed by atoms with E-state index in [4.69, 9.17) is 23.7 Å². The number of ether oxygens (including phenoxy) is 5. The third kappa shape index (κ3) is 13.6. The number of hydrogen-bond acceptors (Lipinski definition) is 20. The standard InChI is InChI=1S/C35H55N7O13S4/c1-8-36-26-20-42(12-9-15-51-7)59(49,50)34-25(26)18-29(56-34)58(47,48)40-32(46)22(2)30(45)23(3)54-27(43)10-11-28(44)55-24(19-37-35(4,5)6)21-53-33-31(38-57-39-33)41-13-16-52-17-14-41/h18,22-24,26,36-37H,8-17,19-21H2,1-7H3,(H,40,46)/t22-,23+,24+,26+/m1/s1. The number of fused-ring (bicyclic) bond motifs is 1. The molecule has 2 aliphatic rings. The molecule has 2 aliphatic heterocycles. The summed E-state index contributed by atoms with van der Waals surface area (Å²) in [6.45, 7) is 13.6. The normalized spacial score (nSPS) is 18.6. The van der Waals surface area contributed by atoms with E-state index in [1.807, 2.05) is 37.3 Å². The van der Waals surface area contributed by atoms with Gasteiger partial charge >= 0.3 is 11.9 Å². The zero-order valence-electron chi connectivity index (χ0n) is 34.3. The largest absolute Gasteiger partial charge is 0.470 e. The minimum Gasteiger partial charge on any atom is -0.470 e. The van der Waals surface area contributed by atoms with Crippen molar-refractivity contribution in [3.05, 3.63) is 11.6 Å². The number of sulfonamides is 2. The van der Waals surface area contributed by atoms with E-state index < -0.39 is 84.9 Å². The molecule has 59 heavy (non-hydrogen) atoms. The fourth-order valence-corrected chi connectivity index (χ4v) is 11.4. The van der Waals surface area contributed by atoms with Gasteiger partial charge in [0.25, 0.3) is 25.9 Å². The van der Waals surface area contributed by atoms with Gasteiger partial charge in [-0.1, -0.05) is 6.92 Å². The maximum absolute atomic E-state index is 13.4. The summed E-state index contributed by atoms with van der Waals surface area (Å²) in [5.74, 6) is -4.48. The molecule has 0 bridgehead atoms. The predicted octanol–water partition coefficient (Wildman–Crippen LogP) is 1.23. The number of rotatable bonds is 22. The number of hydrogen-bond donors (Lipinski definition) is 3. The van der Waals surface area contributed by atoms with Crippen molar-refractivity contribution < 1.29 is 59.7 Å². The predicted molar refractivity (Wildman–Crippen MR) is 216 cm³/mol. The first kappa shape index (κ1) is 48.3. The maximum Gasteiger partial charge on any atom is 0.307 e. The fraction of sp³-hybridized carbons (Fsp3) is 0.714. The van der Waals surface area contributed by atoms with Gasteiger partial charge in [0.1, 0.15) is 21.1 Å². The van der Waals surface area contributed by atoms with E-state index in [1.165, 1.54) is 24.4 Å². The Balaban J connectivity index is 1.30. The van der Waals surface area contributed by atoms with Gasteiger partial charge in [-0.15, -0.1) is 15.7 Å². The van der Waals surface area contributed by atoms with Crippen molar-refractivity contribution in [1.82, 2.24) is 28.4 Å². The number of amides is 1. The Morgan fingerprint density at radius 3 is 2.39 bits per heavy atom. The molecule has 0 saturated carbocycles. The molecular formula is C35H55N7O13S4. The Morgan fingerprint density at radius 2 is 1.75 bits per heavy atom. The molecule has 2 aromatic heterocycles. The Kier molecular flexibility index (Phi) is 17.6. The SMILES string of the molecule is CCN[C@H]1CN(CCCOC)S(=O)(=O)c2sc(S(=O)(=O)NC(=O)[C@H](C)C(=O)[C@H](C)OC(=O)CCC(=O)O[C@@H](CNC(C)(C)C)COc3nsnc3N3CCOCC3)cc21. The molecule has 24 heteroatoms. The molecule has 0 spiro atoms. The molecule has 1 amide bonds. The number of nitrogens with zero attached hydrogens (tertiary/aromatic N) is 4.